The first-order chi connectivity index (χ1) is 13.8. The molecule has 29 heavy (non-hydrogen) atoms. The number of methoxy groups -OCH3 is 1. The van der Waals surface area contributed by atoms with Gasteiger partial charge in [-0.25, -0.2) is 0 Å². The Morgan fingerprint density at radius 1 is 1.21 bits per heavy atom. The second-order valence-corrected chi connectivity index (χ2v) is 6.48. The van der Waals surface area contributed by atoms with Gasteiger partial charge in [0.2, 0.25) is 0 Å². The molecule has 0 radical (unpaired) electrons. The van der Waals surface area contributed by atoms with Crippen LogP contribution in [-0.4, -0.2) is 31.3 Å². The Morgan fingerprint density at radius 2 is 1.93 bits per heavy atom. The van der Waals surface area contributed by atoms with Gasteiger partial charge < -0.3 is 9.64 Å². The maximum absolute atomic E-state index is 12.8. The number of nitrogens with one attached hydrogen (secondary N) is 1. The first-order valence-electron chi connectivity index (χ1n) is 8.87. The Hall–Kier alpha value is -3.30. The van der Waals surface area contributed by atoms with Crippen molar-refractivity contribution >= 4 is 23.3 Å². The molecule has 0 aliphatic carbocycles. The van der Waals surface area contributed by atoms with Gasteiger partial charge in [0.05, 0.1) is 23.8 Å². The smallest absolute Gasteiger partial charge is 0.416 e. The first-order valence-corrected chi connectivity index (χ1v) is 8.87. The molecule has 1 aliphatic rings. The number of hydrogen-bond donors (Lipinski definition) is 1. The fourth-order valence-electron chi connectivity index (χ4n) is 3.10. The number of anilines is 2. The van der Waals surface area contributed by atoms with E-state index in [4.69, 9.17) is 4.74 Å². The molecule has 2 aromatic rings. The van der Waals surface area contributed by atoms with E-state index in [0.717, 1.165) is 43.8 Å². The fraction of sp³-hybridized carbons (Fsp3) is 0.316. The summed E-state index contributed by atoms with van der Waals surface area (Å²) in [6.45, 7) is 1.96. The summed E-state index contributed by atoms with van der Waals surface area (Å²) in [6.07, 6.45) is -0.992. The summed E-state index contributed by atoms with van der Waals surface area (Å²) in [4.78, 5) is 12.5. The number of hydrazone groups is 1. The molecule has 0 amide bonds. The van der Waals surface area contributed by atoms with E-state index in [1.165, 1.54) is 13.3 Å². The lowest BCUT2D eigenvalue weighted by Crippen LogP contribution is -2.17. The standard InChI is InChI=1S/C19H19F3N4O3/c1-29-18-11-15(25-8-2-3-9-25)6-4-13(18)12-23-24-16-7-5-14(19(20,21)22)10-17(16)26(27)28/h4-7,10-12,24H,2-3,8-9H2,1H3/b23-12-. The molecule has 0 bridgehead atoms. The van der Waals surface area contributed by atoms with Crippen molar-refractivity contribution < 1.29 is 22.8 Å². The number of nitro groups is 1. The van der Waals surface area contributed by atoms with Gasteiger partial charge in [-0.15, -0.1) is 0 Å². The predicted molar refractivity (Wildman–Crippen MR) is 104 cm³/mol. The maximum atomic E-state index is 12.8. The Labute approximate surface area is 164 Å². The third kappa shape index (κ3) is 4.76. The molecule has 3 rings (SSSR count). The molecule has 7 nitrogen and oxygen atoms in total. The lowest BCUT2D eigenvalue weighted by Gasteiger charge is -2.18. The number of rotatable bonds is 6. The Balaban J connectivity index is 1.79. The highest BCUT2D eigenvalue weighted by atomic mass is 19.4. The van der Waals surface area contributed by atoms with Gasteiger partial charge in [0.15, 0.2) is 0 Å². The van der Waals surface area contributed by atoms with E-state index in [2.05, 4.69) is 15.4 Å². The maximum Gasteiger partial charge on any atom is 0.416 e. The Bertz CT molecular complexity index is 925. The average Bonchev–Trinajstić information content (AvgIpc) is 3.22. The topological polar surface area (TPSA) is 80.0 Å². The average molecular weight is 408 g/mol. The zero-order chi connectivity index (χ0) is 21.0. The molecule has 1 saturated heterocycles. The SMILES string of the molecule is COc1cc(N2CCCC2)ccc1/C=N\Nc1ccc(C(F)(F)F)cc1[N+](=O)[O-]. The summed E-state index contributed by atoms with van der Waals surface area (Å²) >= 11 is 0. The zero-order valence-corrected chi connectivity index (χ0v) is 15.6. The monoisotopic (exact) mass is 408 g/mol. The van der Waals surface area contributed by atoms with Crippen molar-refractivity contribution in [2.24, 2.45) is 5.10 Å². The number of hydrogen-bond acceptors (Lipinski definition) is 6. The highest BCUT2D eigenvalue weighted by Crippen LogP contribution is 2.35. The van der Waals surface area contributed by atoms with Crippen LogP contribution < -0.4 is 15.1 Å². The van der Waals surface area contributed by atoms with Crippen molar-refractivity contribution in [2.75, 3.05) is 30.5 Å². The molecule has 0 aromatic heterocycles. The van der Waals surface area contributed by atoms with Gasteiger partial charge in [0.25, 0.3) is 5.69 Å². The molecule has 0 atom stereocenters. The van der Waals surface area contributed by atoms with Crippen LogP contribution in [0.4, 0.5) is 30.2 Å². The third-order valence-corrected chi connectivity index (χ3v) is 4.60. The molecule has 154 valence electrons. The summed E-state index contributed by atoms with van der Waals surface area (Å²) in [7, 11) is 1.52. The number of halogens is 3. The van der Waals surface area contributed by atoms with E-state index >= 15 is 0 Å². The minimum atomic E-state index is -4.67. The second-order valence-electron chi connectivity index (χ2n) is 6.48. The second kappa shape index (κ2) is 8.38. The molecule has 0 unspecified atom stereocenters. The quantitative estimate of drug-likeness (QED) is 0.427. The molecule has 10 heteroatoms. The van der Waals surface area contributed by atoms with E-state index in [0.29, 0.717) is 17.4 Å². The Kier molecular flexibility index (Phi) is 5.90. The summed E-state index contributed by atoms with van der Waals surface area (Å²) in [5.74, 6) is 0.571. The highest BCUT2D eigenvalue weighted by Gasteiger charge is 2.33. The van der Waals surface area contributed by atoms with Crippen LogP contribution in [0.3, 0.4) is 0 Å². The number of nitrogens with zero attached hydrogens (tertiary/aromatic N) is 3. The number of nitro benzene ring substituents is 1. The van der Waals surface area contributed by atoms with E-state index in [-0.39, 0.29) is 5.69 Å². The predicted octanol–water partition coefficient (Wildman–Crippen LogP) is 4.67. The van der Waals surface area contributed by atoms with Crippen LogP contribution >= 0.6 is 0 Å². The lowest BCUT2D eigenvalue weighted by atomic mass is 10.1. The van der Waals surface area contributed by atoms with E-state index in [1.54, 1.807) is 6.07 Å². The molecule has 1 aliphatic heterocycles. The van der Waals surface area contributed by atoms with Crippen LogP contribution in [0.25, 0.3) is 0 Å². The molecule has 0 saturated carbocycles. The third-order valence-electron chi connectivity index (χ3n) is 4.60. The molecule has 1 fully saturated rings. The highest BCUT2D eigenvalue weighted by molar-refractivity contribution is 5.85. The van der Waals surface area contributed by atoms with Crippen molar-refractivity contribution in [3.05, 3.63) is 57.6 Å². The van der Waals surface area contributed by atoms with Crippen LogP contribution in [-0.2, 0) is 6.18 Å². The van der Waals surface area contributed by atoms with Crippen molar-refractivity contribution in [1.29, 1.82) is 0 Å². The number of alkyl halides is 3. The normalized spacial score (nSPS) is 14.4. The van der Waals surface area contributed by atoms with Crippen LogP contribution in [0.2, 0.25) is 0 Å². The van der Waals surface area contributed by atoms with Gasteiger partial charge in [0.1, 0.15) is 11.4 Å². The molecular weight excluding hydrogens is 389 g/mol. The summed E-state index contributed by atoms with van der Waals surface area (Å²) in [5, 5.41) is 15.0. The minimum Gasteiger partial charge on any atom is -0.496 e. The minimum absolute atomic E-state index is 0.146. The van der Waals surface area contributed by atoms with Crippen LogP contribution in [0.15, 0.2) is 41.5 Å². The van der Waals surface area contributed by atoms with Gasteiger partial charge in [-0.2, -0.15) is 18.3 Å². The molecular formula is C19H19F3N4O3. The van der Waals surface area contributed by atoms with E-state index in [1.807, 2.05) is 12.1 Å². The van der Waals surface area contributed by atoms with Gasteiger partial charge in [-0.3, -0.25) is 15.5 Å². The van der Waals surface area contributed by atoms with Crippen LogP contribution in [0.1, 0.15) is 24.0 Å². The molecule has 1 heterocycles. The number of ether oxygens (including phenoxy) is 1. The zero-order valence-electron chi connectivity index (χ0n) is 15.6. The van der Waals surface area contributed by atoms with Gasteiger partial charge >= 0.3 is 6.18 Å². The summed E-state index contributed by atoms with van der Waals surface area (Å²) in [6, 6.07) is 7.83. The van der Waals surface area contributed by atoms with Crippen molar-refractivity contribution in [3.8, 4) is 5.75 Å². The summed E-state index contributed by atoms with van der Waals surface area (Å²) < 4.78 is 43.7. The fourth-order valence-corrected chi connectivity index (χ4v) is 3.10. The van der Waals surface area contributed by atoms with Crippen LogP contribution in [0, 0.1) is 10.1 Å². The van der Waals surface area contributed by atoms with Gasteiger partial charge in [-0.1, -0.05) is 0 Å². The van der Waals surface area contributed by atoms with E-state index in [9.17, 15) is 23.3 Å². The lowest BCUT2D eigenvalue weighted by molar-refractivity contribution is -0.384. The summed E-state index contributed by atoms with van der Waals surface area (Å²) in [5.41, 5.74) is 2.13. The van der Waals surface area contributed by atoms with Crippen LogP contribution in [0.5, 0.6) is 5.75 Å². The first kappa shape index (κ1) is 20.4. The number of benzene rings is 2. The van der Waals surface area contributed by atoms with Gasteiger partial charge in [-0.05, 0) is 37.1 Å². The largest absolute Gasteiger partial charge is 0.496 e. The Morgan fingerprint density at radius 3 is 2.55 bits per heavy atom. The molecule has 2 aromatic carbocycles. The molecule has 1 N–H and O–H groups in total. The van der Waals surface area contributed by atoms with Gasteiger partial charge in [0, 0.05) is 36.5 Å². The van der Waals surface area contributed by atoms with E-state index < -0.39 is 22.4 Å². The van der Waals surface area contributed by atoms with Crippen molar-refractivity contribution in [1.82, 2.24) is 0 Å². The van der Waals surface area contributed by atoms with Crippen molar-refractivity contribution in [2.45, 2.75) is 19.0 Å². The molecule has 0 spiro atoms. The van der Waals surface area contributed by atoms with Crippen molar-refractivity contribution in [3.63, 3.8) is 0 Å².